The van der Waals surface area contributed by atoms with Crippen LogP contribution < -0.4 is 0 Å². The third kappa shape index (κ3) is 2.96. The molecule has 0 aliphatic heterocycles. The molecule has 0 radical (unpaired) electrons. The minimum Gasteiger partial charge on any atom is -0.207 e. The molecular weight excluding hydrogens is 231 g/mol. The number of alkyl halides is 1. The molecule has 0 bridgehead atoms. The quantitative estimate of drug-likeness (QED) is 0.690. The van der Waals surface area contributed by atoms with Crippen LogP contribution in [0.15, 0.2) is 23.8 Å². The molecular formula is C11H12BrF. The summed E-state index contributed by atoms with van der Waals surface area (Å²) in [5, 5.41) is 0.822. The third-order valence-electron chi connectivity index (χ3n) is 1.82. The van der Waals surface area contributed by atoms with Crippen LogP contribution in [0.5, 0.6) is 0 Å². The standard InChI is InChI=1S/C11H12BrF/c1-8(7-12)5-10-4-3-9(2)11(13)6-10/h3-6H,7H2,1-2H3/b8-5-. The van der Waals surface area contributed by atoms with Crippen molar-refractivity contribution in [2.75, 3.05) is 5.33 Å². The molecule has 0 saturated heterocycles. The third-order valence-corrected chi connectivity index (χ3v) is 2.70. The molecule has 0 spiro atoms. The molecule has 0 fully saturated rings. The molecule has 1 aromatic carbocycles. The summed E-state index contributed by atoms with van der Waals surface area (Å²) >= 11 is 3.34. The normalized spacial score (nSPS) is 11.8. The fourth-order valence-corrected chi connectivity index (χ4v) is 1.18. The Morgan fingerprint density at radius 3 is 2.77 bits per heavy atom. The Kier molecular flexibility index (Phi) is 3.67. The van der Waals surface area contributed by atoms with Crippen molar-refractivity contribution in [3.63, 3.8) is 0 Å². The first-order chi connectivity index (χ1) is 6.13. The van der Waals surface area contributed by atoms with Crippen molar-refractivity contribution in [2.24, 2.45) is 0 Å². The Hall–Kier alpha value is -0.630. The van der Waals surface area contributed by atoms with E-state index in [9.17, 15) is 4.39 Å². The molecule has 1 aromatic rings. The first-order valence-electron chi connectivity index (χ1n) is 4.13. The first kappa shape index (κ1) is 10.5. The van der Waals surface area contributed by atoms with Crippen molar-refractivity contribution in [1.29, 1.82) is 0 Å². The second kappa shape index (κ2) is 4.56. The number of hydrogen-bond donors (Lipinski definition) is 0. The summed E-state index contributed by atoms with van der Waals surface area (Å²) in [4.78, 5) is 0. The van der Waals surface area contributed by atoms with Crippen LogP contribution in [0, 0.1) is 12.7 Å². The van der Waals surface area contributed by atoms with Crippen LogP contribution in [0.25, 0.3) is 6.08 Å². The van der Waals surface area contributed by atoms with Gasteiger partial charge in [0.2, 0.25) is 0 Å². The van der Waals surface area contributed by atoms with Gasteiger partial charge in [-0.25, -0.2) is 4.39 Å². The molecule has 0 N–H and O–H groups in total. The molecule has 0 saturated carbocycles. The second-order valence-electron chi connectivity index (χ2n) is 3.13. The van der Waals surface area contributed by atoms with E-state index in [-0.39, 0.29) is 5.82 Å². The smallest absolute Gasteiger partial charge is 0.126 e. The van der Waals surface area contributed by atoms with Crippen LogP contribution >= 0.6 is 15.9 Å². The van der Waals surface area contributed by atoms with E-state index in [1.165, 1.54) is 5.57 Å². The maximum absolute atomic E-state index is 13.1. The van der Waals surface area contributed by atoms with E-state index < -0.39 is 0 Å². The lowest BCUT2D eigenvalue weighted by Gasteiger charge is -1.99. The van der Waals surface area contributed by atoms with E-state index >= 15 is 0 Å². The van der Waals surface area contributed by atoms with Gasteiger partial charge in [-0.2, -0.15) is 0 Å². The summed E-state index contributed by atoms with van der Waals surface area (Å²) in [5.41, 5.74) is 2.79. The van der Waals surface area contributed by atoms with Crippen LogP contribution in [-0.2, 0) is 0 Å². The van der Waals surface area contributed by atoms with E-state index in [2.05, 4.69) is 15.9 Å². The lowest BCUT2D eigenvalue weighted by molar-refractivity contribution is 0.618. The molecule has 0 heterocycles. The fourth-order valence-electron chi connectivity index (χ4n) is 1.02. The van der Waals surface area contributed by atoms with E-state index in [1.807, 2.05) is 19.1 Å². The lowest BCUT2D eigenvalue weighted by atomic mass is 10.1. The highest BCUT2D eigenvalue weighted by atomic mass is 79.9. The Labute approximate surface area is 86.6 Å². The average Bonchev–Trinajstić information content (AvgIpc) is 2.11. The van der Waals surface area contributed by atoms with E-state index in [4.69, 9.17) is 0 Å². The van der Waals surface area contributed by atoms with Crippen molar-refractivity contribution in [2.45, 2.75) is 13.8 Å². The fraction of sp³-hybridized carbons (Fsp3) is 0.273. The Morgan fingerprint density at radius 1 is 1.54 bits per heavy atom. The zero-order chi connectivity index (χ0) is 9.84. The Bertz CT molecular complexity index is 329. The van der Waals surface area contributed by atoms with Gasteiger partial charge in [-0.3, -0.25) is 0 Å². The van der Waals surface area contributed by atoms with Gasteiger partial charge < -0.3 is 0 Å². The molecule has 0 amide bonds. The summed E-state index contributed by atoms with van der Waals surface area (Å²) in [6.45, 7) is 3.77. The van der Waals surface area contributed by atoms with Gasteiger partial charge in [-0.1, -0.05) is 39.7 Å². The van der Waals surface area contributed by atoms with Crippen LogP contribution in [-0.4, -0.2) is 5.33 Å². The predicted molar refractivity (Wildman–Crippen MR) is 58.6 cm³/mol. The molecule has 2 heteroatoms. The molecule has 0 atom stereocenters. The SMILES string of the molecule is C/C(=C/c1ccc(C)c(F)c1)CBr. The number of aryl methyl sites for hydroxylation is 1. The number of hydrogen-bond acceptors (Lipinski definition) is 0. The van der Waals surface area contributed by atoms with Crippen molar-refractivity contribution < 1.29 is 4.39 Å². The van der Waals surface area contributed by atoms with Crippen molar-refractivity contribution >= 4 is 22.0 Å². The van der Waals surface area contributed by atoms with Crippen LogP contribution in [0.3, 0.4) is 0 Å². The number of benzene rings is 1. The number of allylic oxidation sites excluding steroid dienone is 1. The highest BCUT2D eigenvalue weighted by molar-refractivity contribution is 9.09. The molecule has 0 unspecified atom stereocenters. The monoisotopic (exact) mass is 242 g/mol. The van der Waals surface area contributed by atoms with E-state index in [0.29, 0.717) is 5.56 Å². The van der Waals surface area contributed by atoms with Gasteiger partial charge in [0.15, 0.2) is 0 Å². The minimum atomic E-state index is -0.142. The van der Waals surface area contributed by atoms with Gasteiger partial charge >= 0.3 is 0 Å². The summed E-state index contributed by atoms with van der Waals surface area (Å²) < 4.78 is 13.1. The summed E-state index contributed by atoms with van der Waals surface area (Å²) in [7, 11) is 0. The Balaban J connectivity index is 2.98. The van der Waals surface area contributed by atoms with Gasteiger partial charge in [0.05, 0.1) is 0 Å². The maximum Gasteiger partial charge on any atom is 0.126 e. The van der Waals surface area contributed by atoms with Gasteiger partial charge in [-0.15, -0.1) is 0 Å². The number of halogens is 2. The number of rotatable bonds is 2. The molecule has 0 aliphatic rings. The molecule has 70 valence electrons. The van der Waals surface area contributed by atoms with Crippen molar-refractivity contribution in [3.05, 3.63) is 40.7 Å². The van der Waals surface area contributed by atoms with Crippen molar-refractivity contribution in [1.82, 2.24) is 0 Å². The second-order valence-corrected chi connectivity index (χ2v) is 3.69. The van der Waals surface area contributed by atoms with Crippen LogP contribution in [0.4, 0.5) is 4.39 Å². The summed E-state index contributed by atoms with van der Waals surface area (Å²) in [6.07, 6.45) is 1.97. The summed E-state index contributed by atoms with van der Waals surface area (Å²) in [5.74, 6) is -0.142. The predicted octanol–water partition coefficient (Wildman–Crippen LogP) is 3.93. The van der Waals surface area contributed by atoms with E-state index in [1.54, 1.807) is 19.1 Å². The molecule has 0 aromatic heterocycles. The van der Waals surface area contributed by atoms with Gasteiger partial charge in [0, 0.05) is 5.33 Å². The molecule has 1 rings (SSSR count). The zero-order valence-corrected chi connectivity index (χ0v) is 9.36. The maximum atomic E-state index is 13.1. The van der Waals surface area contributed by atoms with Gasteiger partial charge in [0.25, 0.3) is 0 Å². The highest BCUT2D eigenvalue weighted by Crippen LogP contribution is 2.13. The molecule has 0 aliphatic carbocycles. The van der Waals surface area contributed by atoms with Gasteiger partial charge in [0.1, 0.15) is 5.82 Å². The van der Waals surface area contributed by atoms with E-state index in [0.717, 1.165) is 10.9 Å². The molecule has 0 nitrogen and oxygen atoms in total. The summed E-state index contributed by atoms with van der Waals surface area (Å²) in [6, 6.07) is 5.27. The first-order valence-corrected chi connectivity index (χ1v) is 5.25. The zero-order valence-electron chi connectivity index (χ0n) is 7.77. The average molecular weight is 243 g/mol. The largest absolute Gasteiger partial charge is 0.207 e. The van der Waals surface area contributed by atoms with Crippen molar-refractivity contribution in [3.8, 4) is 0 Å². The Morgan fingerprint density at radius 2 is 2.23 bits per heavy atom. The molecule has 13 heavy (non-hydrogen) atoms. The minimum absolute atomic E-state index is 0.142. The highest BCUT2D eigenvalue weighted by Gasteiger charge is 1.97. The van der Waals surface area contributed by atoms with Crippen LogP contribution in [0.1, 0.15) is 18.1 Å². The van der Waals surface area contributed by atoms with Crippen LogP contribution in [0.2, 0.25) is 0 Å². The van der Waals surface area contributed by atoms with Gasteiger partial charge in [-0.05, 0) is 31.0 Å². The topological polar surface area (TPSA) is 0 Å². The lowest BCUT2D eigenvalue weighted by Crippen LogP contribution is -1.84.